The molecule has 0 aliphatic rings. The van der Waals surface area contributed by atoms with E-state index in [9.17, 15) is 4.79 Å². The van der Waals surface area contributed by atoms with Gasteiger partial charge >= 0.3 is 5.97 Å². The van der Waals surface area contributed by atoms with Crippen LogP contribution in [0.4, 0.5) is 5.69 Å². The maximum absolute atomic E-state index is 11.7. The van der Waals surface area contributed by atoms with Gasteiger partial charge < -0.3 is 14.8 Å². The predicted octanol–water partition coefficient (Wildman–Crippen LogP) is 3.49. The lowest BCUT2D eigenvalue weighted by molar-refractivity contribution is -0.141. The summed E-state index contributed by atoms with van der Waals surface area (Å²) in [5.74, 6) is 0.313. The minimum Gasteiger partial charge on any atom is -0.495 e. The fourth-order valence-corrected chi connectivity index (χ4v) is 1.94. The van der Waals surface area contributed by atoms with Crippen LogP contribution < -0.4 is 10.1 Å². The fraction of sp³-hybridized carbons (Fsp3) is 0.500. The molecule has 0 radical (unpaired) electrons. The van der Waals surface area contributed by atoms with E-state index in [0.717, 1.165) is 24.9 Å². The molecular formula is C14H20ClNO3. The van der Waals surface area contributed by atoms with Crippen molar-refractivity contribution in [1.82, 2.24) is 0 Å². The van der Waals surface area contributed by atoms with Gasteiger partial charge in [-0.1, -0.05) is 31.4 Å². The molecule has 0 saturated heterocycles. The number of methoxy groups -OCH3 is 2. The largest absolute Gasteiger partial charge is 0.495 e. The monoisotopic (exact) mass is 285 g/mol. The van der Waals surface area contributed by atoms with Gasteiger partial charge in [-0.05, 0) is 18.6 Å². The fourth-order valence-electron chi connectivity index (χ4n) is 1.75. The molecule has 1 unspecified atom stereocenters. The molecular weight excluding hydrogens is 266 g/mol. The van der Waals surface area contributed by atoms with E-state index in [1.54, 1.807) is 19.2 Å². The van der Waals surface area contributed by atoms with Crippen LogP contribution in [0.5, 0.6) is 5.75 Å². The summed E-state index contributed by atoms with van der Waals surface area (Å²) in [6, 6.07) is 4.96. The van der Waals surface area contributed by atoms with Crippen LogP contribution in [0.1, 0.15) is 26.2 Å². The standard InChI is InChI=1S/C14H20ClNO3/c1-4-5-6-12(14(17)19-3)16-10-7-8-11(15)13(9-10)18-2/h7-9,12,16H,4-6H2,1-3H3. The Morgan fingerprint density at radius 1 is 1.42 bits per heavy atom. The van der Waals surface area contributed by atoms with Gasteiger partial charge in [0.1, 0.15) is 11.8 Å². The van der Waals surface area contributed by atoms with E-state index in [1.165, 1.54) is 7.11 Å². The number of benzene rings is 1. The molecule has 0 fully saturated rings. The molecule has 4 nitrogen and oxygen atoms in total. The zero-order chi connectivity index (χ0) is 14.3. The lowest BCUT2D eigenvalue weighted by Gasteiger charge is -2.18. The summed E-state index contributed by atoms with van der Waals surface area (Å²) < 4.78 is 9.95. The Labute approximate surface area is 119 Å². The number of rotatable bonds is 7. The summed E-state index contributed by atoms with van der Waals surface area (Å²) in [5.41, 5.74) is 0.785. The highest BCUT2D eigenvalue weighted by Gasteiger charge is 2.18. The van der Waals surface area contributed by atoms with Crippen molar-refractivity contribution in [2.45, 2.75) is 32.2 Å². The zero-order valence-corrected chi connectivity index (χ0v) is 12.3. The predicted molar refractivity (Wildman–Crippen MR) is 77.0 cm³/mol. The summed E-state index contributed by atoms with van der Waals surface area (Å²) in [7, 11) is 2.95. The molecule has 1 rings (SSSR count). The van der Waals surface area contributed by atoms with Gasteiger partial charge in [0.15, 0.2) is 0 Å². The lowest BCUT2D eigenvalue weighted by atomic mass is 10.1. The number of esters is 1. The van der Waals surface area contributed by atoms with E-state index in [4.69, 9.17) is 21.1 Å². The van der Waals surface area contributed by atoms with Crippen molar-refractivity contribution in [3.05, 3.63) is 23.2 Å². The van der Waals surface area contributed by atoms with Crippen LogP contribution in [-0.4, -0.2) is 26.2 Å². The third-order valence-electron chi connectivity index (χ3n) is 2.82. The van der Waals surface area contributed by atoms with Gasteiger partial charge in [-0.15, -0.1) is 0 Å². The summed E-state index contributed by atoms with van der Waals surface area (Å²) in [6.45, 7) is 2.08. The van der Waals surface area contributed by atoms with Crippen LogP contribution in [0.3, 0.4) is 0 Å². The molecule has 0 aromatic heterocycles. The molecule has 5 heteroatoms. The summed E-state index contributed by atoms with van der Waals surface area (Å²) >= 11 is 5.96. The highest BCUT2D eigenvalue weighted by atomic mass is 35.5. The van der Waals surface area contributed by atoms with Crippen molar-refractivity contribution in [3.8, 4) is 5.75 Å². The Morgan fingerprint density at radius 2 is 2.16 bits per heavy atom. The molecule has 1 N–H and O–H groups in total. The van der Waals surface area contributed by atoms with E-state index in [0.29, 0.717) is 10.8 Å². The molecule has 0 bridgehead atoms. The number of hydrogen-bond donors (Lipinski definition) is 1. The van der Waals surface area contributed by atoms with Crippen molar-refractivity contribution in [3.63, 3.8) is 0 Å². The average molecular weight is 286 g/mol. The highest BCUT2D eigenvalue weighted by molar-refractivity contribution is 6.32. The number of anilines is 1. The van der Waals surface area contributed by atoms with Crippen molar-refractivity contribution >= 4 is 23.3 Å². The molecule has 19 heavy (non-hydrogen) atoms. The number of unbranched alkanes of at least 4 members (excludes halogenated alkanes) is 1. The van der Waals surface area contributed by atoms with Gasteiger partial charge in [-0.2, -0.15) is 0 Å². The van der Waals surface area contributed by atoms with Gasteiger partial charge in [0.25, 0.3) is 0 Å². The molecule has 0 saturated carbocycles. The average Bonchev–Trinajstić information content (AvgIpc) is 2.44. The normalized spacial score (nSPS) is 11.8. The van der Waals surface area contributed by atoms with Crippen LogP contribution in [0.15, 0.2) is 18.2 Å². The van der Waals surface area contributed by atoms with Crippen LogP contribution in [0, 0.1) is 0 Å². The molecule has 1 aromatic carbocycles. The topological polar surface area (TPSA) is 47.6 Å². The van der Waals surface area contributed by atoms with Gasteiger partial charge in [-0.25, -0.2) is 4.79 Å². The number of carbonyl (C=O) groups is 1. The highest BCUT2D eigenvalue weighted by Crippen LogP contribution is 2.28. The Morgan fingerprint density at radius 3 is 2.74 bits per heavy atom. The summed E-state index contributed by atoms with van der Waals surface area (Å²) in [4.78, 5) is 11.7. The maximum Gasteiger partial charge on any atom is 0.328 e. The maximum atomic E-state index is 11.7. The molecule has 1 aromatic rings. The van der Waals surface area contributed by atoms with Gasteiger partial charge in [0, 0.05) is 11.8 Å². The molecule has 0 spiro atoms. The number of halogens is 1. The quantitative estimate of drug-likeness (QED) is 0.779. The molecule has 106 valence electrons. The van der Waals surface area contributed by atoms with Crippen molar-refractivity contribution in [2.24, 2.45) is 0 Å². The van der Waals surface area contributed by atoms with E-state index in [1.807, 2.05) is 6.07 Å². The van der Waals surface area contributed by atoms with E-state index in [-0.39, 0.29) is 12.0 Å². The Balaban J connectivity index is 2.80. The van der Waals surface area contributed by atoms with Gasteiger partial charge in [0.2, 0.25) is 0 Å². The molecule has 0 heterocycles. The van der Waals surface area contributed by atoms with E-state index in [2.05, 4.69) is 12.2 Å². The minimum atomic E-state index is -0.351. The van der Waals surface area contributed by atoms with Gasteiger partial charge in [-0.3, -0.25) is 0 Å². The van der Waals surface area contributed by atoms with Gasteiger partial charge in [0.05, 0.1) is 19.2 Å². The van der Waals surface area contributed by atoms with Crippen LogP contribution in [0.2, 0.25) is 5.02 Å². The SMILES string of the molecule is CCCCC(Nc1ccc(Cl)c(OC)c1)C(=O)OC. The second-order valence-electron chi connectivity index (χ2n) is 4.21. The van der Waals surface area contributed by atoms with Crippen molar-refractivity contribution < 1.29 is 14.3 Å². The third-order valence-corrected chi connectivity index (χ3v) is 3.14. The lowest BCUT2D eigenvalue weighted by Crippen LogP contribution is -2.30. The Bertz CT molecular complexity index is 423. The first-order chi connectivity index (χ1) is 9.12. The Hall–Kier alpha value is -1.42. The number of ether oxygens (including phenoxy) is 2. The van der Waals surface area contributed by atoms with Crippen LogP contribution in [-0.2, 0) is 9.53 Å². The van der Waals surface area contributed by atoms with E-state index < -0.39 is 0 Å². The van der Waals surface area contributed by atoms with Crippen LogP contribution >= 0.6 is 11.6 Å². The summed E-state index contributed by atoms with van der Waals surface area (Å²) in [6.07, 6.45) is 2.71. The zero-order valence-electron chi connectivity index (χ0n) is 11.5. The second-order valence-corrected chi connectivity index (χ2v) is 4.62. The van der Waals surface area contributed by atoms with Crippen molar-refractivity contribution in [2.75, 3.05) is 19.5 Å². The molecule has 1 atom stereocenters. The smallest absolute Gasteiger partial charge is 0.328 e. The minimum absolute atomic E-state index is 0.262. The number of carbonyl (C=O) groups excluding carboxylic acids is 1. The summed E-state index contributed by atoms with van der Waals surface area (Å²) in [5, 5.41) is 3.69. The molecule has 0 amide bonds. The molecule has 0 aliphatic carbocycles. The first-order valence-electron chi connectivity index (χ1n) is 6.30. The second kappa shape index (κ2) is 7.89. The third kappa shape index (κ3) is 4.63. The molecule has 0 aliphatic heterocycles. The first kappa shape index (κ1) is 15.6. The van der Waals surface area contributed by atoms with E-state index >= 15 is 0 Å². The Kier molecular flexibility index (Phi) is 6.50. The van der Waals surface area contributed by atoms with Crippen molar-refractivity contribution in [1.29, 1.82) is 0 Å². The number of hydrogen-bond acceptors (Lipinski definition) is 4. The van der Waals surface area contributed by atoms with Crippen LogP contribution in [0.25, 0.3) is 0 Å². The number of nitrogens with one attached hydrogen (secondary N) is 1. The first-order valence-corrected chi connectivity index (χ1v) is 6.68.